The van der Waals surface area contributed by atoms with Gasteiger partial charge in [0.15, 0.2) is 0 Å². The molecule has 6 nitrogen and oxygen atoms in total. The highest BCUT2D eigenvalue weighted by atomic mass is 79.9. The van der Waals surface area contributed by atoms with Crippen LogP contribution >= 0.6 is 15.9 Å². The summed E-state index contributed by atoms with van der Waals surface area (Å²) in [7, 11) is 3.14. The van der Waals surface area contributed by atoms with Crippen LogP contribution in [0.25, 0.3) is 5.76 Å². The maximum atomic E-state index is 13.3. The first-order valence-corrected chi connectivity index (χ1v) is 12.4. The molecule has 0 spiro atoms. The quantitative estimate of drug-likeness (QED) is 0.215. The third kappa shape index (κ3) is 4.88. The zero-order valence-corrected chi connectivity index (χ0v) is 22.2. The van der Waals surface area contributed by atoms with Gasteiger partial charge in [-0.05, 0) is 68.9 Å². The van der Waals surface area contributed by atoms with Gasteiger partial charge in [-0.2, -0.15) is 0 Å². The molecule has 7 heteroatoms. The SMILES string of the molecule is COc1ccc(CN2C(=O)C(=O)/C(=C(\O)c3ccc(OC)c(Br)c3)C2c2ccc(C(C)C)cc2)cc1. The van der Waals surface area contributed by atoms with Crippen LogP contribution in [0.3, 0.4) is 0 Å². The highest BCUT2D eigenvalue weighted by Crippen LogP contribution is 2.41. The van der Waals surface area contributed by atoms with E-state index in [-0.39, 0.29) is 17.9 Å². The van der Waals surface area contributed by atoms with E-state index in [0.717, 1.165) is 16.7 Å². The van der Waals surface area contributed by atoms with Crippen molar-refractivity contribution < 1.29 is 24.2 Å². The molecule has 1 heterocycles. The largest absolute Gasteiger partial charge is 0.507 e. The van der Waals surface area contributed by atoms with Crippen LogP contribution in [0.1, 0.15) is 48.1 Å². The number of hydrogen-bond donors (Lipinski definition) is 1. The van der Waals surface area contributed by atoms with Crippen molar-refractivity contribution in [2.45, 2.75) is 32.4 Å². The van der Waals surface area contributed by atoms with E-state index in [1.807, 2.05) is 48.5 Å². The van der Waals surface area contributed by atoms with Crippen LogP contribution in [0.2, 0.25) is 0 Å². The predicted molar refractivity (Wildman–Crippen MR) is 142 cm³/mol. The summed E-state index contributed by atoms with van der Waals surface area (Å²) in [4.78, 5) is 28.1. The van der Waals surface area contributed by atoms with Crippen LogP contribution in [0.5, 0.6) is 11.5 Å². The smallest absolute Gasteiger partial charge is 0.295 e. The Morgan fingerprint density at radius 3 is 2.19 bits per heavy atom. The van der Waals surface area contributed by atoms with Crippen molar-refractivity contribution in [3.8, 4) is 11.5 Å². The molecule has 1 atom stereocenters. The molecule has 3 aromatic carbocycles. The molecule has 1 fully saturated rings. The minimum atomic E-state index is -0.741. The number of halogens is 1. The summed E-state index contributed by atoms with van der Waals surface area (Å²) in [6, 6.07) is 19.5. The second kappa shape index (κ2) is 10.6. The Bertz CT molecular complexity index is 1310. The molecule has 36 heavy (non-hydrogen) atoms. The van der Waals surface area contributed by atoms with Crippen LogP contribution in [-0.4, -0.2) is 35.9 Å². The van der Waals surface area contributed by atoms with Gasteiger partial charge in [0.25, 0.3) is 11.7 Å². The minimum absolute atomic E-state index is 0.0582. The van der Waals surface area contributed by atoms with Gasteiger partial charge in [-0.25, -0.2) is 0 Å². The Balaban J connectivity index is 1.83. The normalized spacial score (nSPS) is 17.1. The average molecular weight is 550 g/mol. The Hall–Kier alpha value is -3.58. The second-order valence-electron chi connectivity index (χ2n) is 8.95. The van der Waals surface area contributed by atoms with Crippen molar-refractivity contribution in [3.63, 3.8) is 0 Å². The standard InChI is InChI=1S/C29H28BrNO5/c1-17(2)19-7-9-20(10-8-19)26-25(27(32)21-11-14-24(36-4)23(30)15-21)28(33)29(34)31(26)16-18-5-12-22(35-3)13-6-18/h5-15,17,26,32H,16H2,1-4H3/b27-25-. The summed E-state index contributed by atoms with van der Waals surface area (Å²) in [5, 5.41) is 11.3. The van der Waals surface area contributed by atoms with Gasteiger partial charge >= 0.3 is 0 Å². The molecule has 0 saturated carbocycles. The lowest BCUT2D eigenvalue weighted by molar-refractivity contribution is -0.140. The maximum absolute atomic E-state index is 13.3. The Labute approximate surface area is 219 Å². The minimum Gasteiger partial charge on any atom is -0.507 e. The van der Waals surface area contributed by atoms with Gasteiger partial charge in [0, 0.05) is 12.1 Å². The first kappa shape index (κ1) is 25.5. The fraction of sp³-hybridized carbons (Fsp3) is 0.241. The Morgan fingerprint density at radius 1 is 0.972 bits per heavy atom. The molecule has 0 radical (unpaired) electrons. The number of Topliss-reactive ketones (excluding diaryl/α,β-unsaturated/α-hetero) is 1. The van der Waals surface area contributed by atoms with Gasteiger partial charge in [-0.3, -0.25) is 9.59 Å². The predicted octanol–water partition coefficient (Wildman–Crippen LogP) is 6.21. The number of amides is 1. The molecular formula is C29H28BrNO5. The molecule has 1 aliphatic heterocycles. The van der Waals surface area contributed by atoms with E-state index in [1.165, 1.54) is 4.90 Å². The first-order valence-electron chi connectivity index (χ1n) is 11.6. The molecule has 0 aromatic heterocycles. The van der Waals surface area contributed by atoms with E-state index in [4.69, 9.17) is 9.47 Å². The monoisotopic (exact) mass is 549 g/mol. The summed E-state index contributed by atoms with van der Waals surface area (Å²) in [6.07, 6.45) is 0. The van der Waals surface area contributed by atoms with E-state index in [9.17, 15) is 14.7 Å². The number of ether oxygens (including phenoxy) is 2. The summed E-state index contributed by atoms with van der Waals surface area (Å²) in [5.74, 6) is 0.0241. The van der Waals surface area contributed by atoms with Crippen LogP contribution < -0.4 is 9.47 Å². The number of nitrogens with zero attached hydrogens (tertiary/aromatic N) is 1. The lowest BCUT2D eigenvalue weighted by atomic mass is 9.93. The van der Waals surface area contributed by atoms with E-state index < -0.39 is 17.7 Å². The average Bonchev–Trinajstić information content (AvgIpc) is 3.13. The third-order valence-electron chi connectivity index (χ3n) is 6.40. The number of hydrogen-bond acceptors (Lipinski definition) is 5. The summed E-state index contributed by atoms with van der Waals surface area (Å²) < 4.78 is 11.1. The van der Waals surface area contributed by atoms with Crippen LogP contribution in [0.4, 0.5) is 0 Å². The van der Waals surface area contributed by atoms with Crippen LogP contribution in [0, 0.1) is 0 Å². The fourth-order valence-electron chi connectivity index (χ4n) is 4.35. The number of methoxy groups -OCH3 is 2. The van der Waals surface area contributed by atoms with Crippen molar-refractivity contribution in [3.05, 3.63) is 99.0 Å². The van der Waals surface area contributed by atoms with E-state index >= 15 is 0 Å². The molecule has 1 amide bonds. The molecule has 3 aromatic rings. The van der Waals surface area contributed by atoms with E-state index in [1.54, 1.807) is 32.4 Å². The number of benzene rings is 3. The zero-order valence-electron chi connectivity index (χ0n) is 20.6. The number of aliphatic hydroxyl groups is 1. The maximum Gasteiger partial charge on any atom is 0.295 e. The van der Waals surface area contributed by atoms with Gasteiger partial charge in [-0.15, -0.1) is 0 Å². The summed E-state index contributed by atoms with van der Waals surface area (Å²) in [5.41, 5.74) is 3.21. The van der Waals surface area contributed by atoms with Crippen molar-refractivity contribution in [1.29, 1.82) is 0 Å². The number of carbonyl (C=O) groups is 2. The van der Waals surface area contributed by atoms with Gasteiger partial charge in [0.1, 0.15) is 17.3 Å². The topological polar surface area (TPSA) is 76.1 Å². The van der Waals surface area contributed by atoms with Crippen molar-refractivity contribution >= 4 is 33.4 Å². The van der Waals surface area contributed by atoms with E-state index in [2.05, 4.69) is 29.8 Å². The lowest BCUT2D eigenvalue weighted by Crippen LogP contribution is -2.29. The van der Waals surface area contributed by atoms with Crippen molar-refractivity contribution in [1.82, 2.24) is 4.90 Å². The molecule has 1 N–H and O–H groups in total. The van der Waals surface area contributed by atoms with Crippen LogP contribution in [-0.2, 0) is 16.1 Å². The highest BCUT2D eigenvalue weighted by Gasteiger charge is 2.46. The molecule has 1 saturated heterocycles. The molecule has 186 valence electrons. The number of ketones is 1. The van der Waals surface area contributed by atoms with Crippen molar-refractivity contribution in [2.24, 2.45) is 0 Å². The molecule has 1 unspecified atom stereocenters. The number of aliphatic hydroxyl groups excluding tert-OH is 1. The summed E-state index contributed by atoms with van der Waals surface area (Å²) in [6.45, 7) is 4.41. The first-order chi connectivity index (χ1) is 17.2. The molecule has 1 aliphatic rings. The van der Waals surface area contributed by atoms with Gasteiger partial charge < -0.3 is 19.5 Å². The second-order valence-corrected chi connectivity index (χ2v) is 9.80. The van der Waals surface area contributed by atoms with E-state index in [0.29, 0.717) is 27.5 Å². The number of carbonyl (C=O) groups excluding carboxylic acids is 2. The number of rotatable bonds is 7. The van der Waals surface area contributed by atoms with Crippen LogP contribution in [0.15, 0.2) is 76.8 Å². The zero-order chi connectivity index (χ0) is 26.0. The van der Waals surface area contributed by atoms with Gasteiger partial charge in [0.05, 0.1) is 30.3 Å². The Kier molecular flexibility index (Phi) is 7.50. The summed E-state index contributed by atoms with van der Waals surface area (Å²) >= 11 is 3.43. The number of likely N-dealkylation sites (tertiary alicyclic amines) is 1. The van der Waals surface area contributed by atoms with Crippen molar-refractivity contribution in [2.75, 3.05) is 14.2 Å². The molecule has 0 aliphatic carbocycles. The van der Waals surface area contributed by atoms with Gasteiger partial charge in [-0.1, -0.05) is 50.2 Å². The molecular weight excluding hydrogens is 522 g/mol. The highest BCUT2D eigenvalue weighted by molar-refractivity contribution is 9.10. The third-order valence-corrected chi connectivity index (χ3v) is 7.02. The van der Waals surface area contributed by atoms with Gasteiger partial charge in [0.2, 0.25) is 0 Å². The molecule has 0 bridgehead atoms. The fourth-order valence-corrected chi connectivity index (χ4v) is 4.89. The Morgan fingerprint density at radius 2 is 1.64 bits per heavy atom. The lowest BCUT2D eigenvalue weighted by Gasteiger charge is -2.26. The molecule has 4 rings (SSSR count).